The second-order valence-corrected chi connectivity index (χ2v) is 8.19. The lowest BCUT2D eigenvalue weighted by Crippen LogP contribution is -2.51. The molecule has 0 bridgehead atoms. The Bertz CT molecular complexity index is 824. The second-order valence-electron chi connectivity index (χ2n) is 8.19. The summed E-state index contributed by atoms with van der Waals surface area (Å²) in [5.41, 5.74) is 4.10. The first-order valence-electron chi connectivity index (χ1n) is 9.82. The van der Waals surface area contributed by atoms with Crippen LogP contribution in [0.15, 0.2) is 24.4 Å². The molecule has 5 rings (SSSR count). The number of nitrogens with zero attached hydrogens (tertiary/aromatic N) is 2. The number of carbonyl (C=O) groups excluding carboxylic acids is 1. The number of benzene rings is 1. The van der Waals surface area contributed by atoms with Gasteiger partial charge in [0.25, 0.3) is 0 Å². The summed E-state index contributed by atoms with van der Waals surface area (Å²) in [5.74, 6) is 1.00. The normalized spacial score (nSPS) is 29.7. The first-order valence-corrected chi connectivity index (χ1v) is 9.82. The number of ketones is 1. The van der Waals surface area contributed by atoms with Crippen molar-refractivity contribution in [2.45, 2.75) is 24.8 Å². The van der Waals surface area contributed by atoms with Crippen molar-refractivity contribution in [1.82, 2.24) is 14.8 Å². The number of rotatable bonds is 3. The molecule has 0 saturated carbocycles. The molecule has 2 aliphatic heterocycles. The molecule has 5 nitrogen and oxygen atoms in total. The fourth-order valence-corrected chi connectivity index (χ4v) is 5.28. The summed E-state index contributed by atoms with van der Waals surface area (Å²) in [4.78, 5) is 21.1. The van der Waals surface area contributed by atoms with Crippen molar-refractivity contribution in [3.63, 3.8) is 0 Å². The zero-order chi connectivity index (χ0) is 17.7. The molecule has 26 heavy (non-hydrogen) atoms. The number of likely N-dealkylation sites (N-methyl/N-ethyl adjacent to an activating group) is 1. The maximum atomic E-state index is 13.0. The molecule has 5 heteroatoms. The molecule has 3 heterocycles. The van der Waals surface area contributed by atoms with Crippen molar-refractivity contribution in [1.29, 1.82) is 0 Å². The van der Waals surface area contributed by atoms with Gasteiger partial charge in [0.15, 0.2) is 5.78 Å². The molecule has 0 radical (unpaired) electrons. The van der Waals surface area contributed by atoms with E-state index in [1.54, 1.807) is 0 Å². The molecule has 1 aromatic heterocycles. The number of Topliss-reactive ketones (excluding diaryl/α,β-unsaturated/α-hetero) is 1. The Morgan fingerprint density at radius 1 is 1.31 bits per heavy atom. The smallest absolute Gasteiger partial charge is 0.151 e. The van der Waals surface area contributed by atoms with E-state index in [0.29, 0.717) is 24.3 Å². The van der Waals surface area contributed by atoms with Gasteiger partial charge in [-0.25, -0.2) is 0 Å². The number of H-pyrrole nitrogens is 1. The van der Waals surface area contributed by atoms with Gasteiger partial charge in [0, 0.05) is 54.6 Å². The zero-order valence-corrected chi connectivity index (χ0v) is 15.4. The lowest BCUT2D eigenvalue weighted by molar-refractivity contribution is -0.127. The lowest BCUT2D eigenvalue weighted by atomic mass is 9.71. The summed E-state index contributed by atoms with van der Waals surface area (Å²) >= 11 is 0. The summed E-state index contributed by atoms with van der Waals surface area (Å²) < 4.78 is 5.41. The number of nitrogens with one attached hydrogen (secondary N) is 1. The predicted molar refractivity (Wildman–Crippen MR) is 102 cm³/mol. The van der Waals surface area contributed by atoms with Crippen LogP contribution in [0.25, 0.3) is 10.9 Å². The molecule has 1 N–H and O–H groups in total. The van der Waals surface area contributed by atoms with Gasteiger partial charge in [0.1, 0.15) is 0 Å². The molecule has 0 spiro atoms. The van der Waals surface area contributed by atoms with Gasteiger partial charge in [0.05, 0.1) is 19.8 Å². The topological polar surface area (TPSA) is 48.6 Å². The monoisotopic (exact) mass is 353 g/mol. The maximum Gasteiger partial charge on any atom is 0.151 e. The van der Waals surface area contributed by atoms with Crippen molar-refractivity contribution in [2.24, 2.45) is 5.92 Å². The van der Waals surface area contributed by atoms with E-state index in [9.17, 15) is 4.79 Å². The van der Waals surface area contributed by atoms with E-state index in [2.05, 4.69) is 46.2 Å². The lowest BCUT2D eigenvalue weighted by Gasteiger charge is -2.45. The Morgan fingerprint density at radius 3 is 3.00 bits per heavy atom. The summed E-state index contributed by atoms with van der Waals surface area (Å²) in [6.07, 6.45) is 4.25. The minimum atomic E-state index is 0.139. The number of morpholine rings is 1. The van der Waals surface area contributed by atoms with Gasteiger partial charge in [0.2, 0.25) is 0 Å². The van der Waals surface area contributed by atoms with Gasteiger partial charge >= 0.3 is 0 Å². The first kappa shape index (κ1) is 16.5. The van der Waals surface area contributed by atoms with E-state index < -0.39 is 0 Å². The fourth-order valence-electron chi connectivity index (χ4n) is 5.28. The number of fused-ring (bicyclic) bond motifs is 2. The number of ether oxygens (including phenoxy) is 1. The third kappa shape index (κ3) is 2.70. The molecule has 3 atom stereocenters. The molecule has 2 aromatic rings. The number of hydrogen-bond donors (Lipinski definition) is 1. The molecule has 0 amide bonds. The molecular weight excluding hydrogens is 326 g/mol. The first-order chi connectivity index (χ1) is 12.7. The van der Waals surface area contributed by atoms with Crippen molar-refractivity contribution in [2.75, 3.05) is 46.4 Å². The number of piperidine rings is 1. The standard InChI is InChI=1S/C21H27N3O2/c1-23-12-15(20(25)13-24-5-7-26-8-6-24)9-17-16-3-2-4-18-21(16)14(11-22-18)10-19(17)23/h2-4,11,15,17,19,22H,5-10,12-13H2,1H3/t15?,17-,19-/m1/s1. The average Bonchev–Trinajstić information content (AvgIpc) is 3.08. The predicted octanol–water partition coefficient (Wildman–Crippen LogP) is 2.03. The Kier molecular flexibility index (Phi) is 4.11. The van der Waals surface area contributed by atoms with Crippen LogP contribution < -0.4 is 0 Å². The number of aromatic amines is 1. The molecular formula is C21H27N3O2. The second kappa shape index (κ2) is 6.48. The van der Waals surface area contributed by atoms with Gasteiger partial charge in [-0.1, -0.05) is 12.1 Å². The van der Waals surface area contributed by atoms with Gasteiger partial charge in [-0.3, -0.25) is 9.69 Å². The fraction of sp³-hybridized carbons (Fsp3) is 0.571. The van der Waals surface area contributed by atoms with Crippen LogP contribution in [0.3, 0.4) is 0 Å². The molecule has 2 saturated heterocycles. The average molecular weight is 353 g/mol. The molecule has 2 fully saturated rings. The highest BCUT2D eigenvalue weighted by molar-refractivity contribution is 5.89. The van der Waals surface area contributed by atoms with E-state index in [1.165, 1.54) is 22.0 Å². The highest BCUT2D eigenvalue weighted by Crippen LogP contribution is 2.44. The van der Waals surface area contributed by atoms with E-state index in [-0.39, 0.29) is 5.92 Å². The van der Waals surface area contributed by atoms with Crippen LogP contribution in [0.4, 0.5) is 0 Å². The Balaban J connectivity index is 1.39. The number of likely N-dealkylation sites (tertiary alicyclic amines) is 1. The van der Waals surface area contributed by atoms with E-state index in [4.69, 9.17) is 4.74 Å². The van der Waals surface area contributed by atoms with E-state index in [1.807, 2.05) is 0 Å². The van der Waals surface area contributed by atoms with Crippen molar-refractivity contribution in [3.05, 3.63) is 35.5 Å². The number of hydrogen-bond acceptors (Lipinski definition) is 4. The minimum Gasteiger partial charge on any atom is -0.379 e. The Hall–Kier alpha value is -1.69. The van der Waals surface area contributed by atoms with Crippen LogP contribution in [-0.4, -0.2) is 73.0 Å². The molecule has 138 valence electrons. The third-order valence-electron chi connectivity index (χ3n) is 6.66. The summed E-state index contributed by atoms with van der Waals surface area (Å²) in [6.45, 7) is 4.74. The summed E-state index contributed by atoms with van der Waals surface area (Å²) in [5, 5.41) is 1.41. The summed E-state index contributed by atoms with van der Waals surface area (Å²) in [6, 6.07) is 7.10. The van der Waals surface area contributed by atoms with Crippen LogP contribution in [0.2, 0.25) is 0 Å². The van der Waals surface area contributed by atoms with Crippen molar-refractivity contribution in [3.8, 4) is 0 Å². The van der Waals surface area contributed by atoms with Crippen LogP contribution in [0.5, 0.6) is 0 Å². The van der Waals surface area contributed by atoms with Gasteiger partial charge in [-0.15, -0.1) is 0 Å². The van der Waals surface area contributed by atoms with E-state index in [0.717, 1.165) is 45.7 Å². The van der Waals surface area contributed by atoms with E-state index >= 15 is 0 Å². The zero-order valence-electron chi connectivity index (χ0n) is 15.4. The Morgan fingerprint density at radius 2 is 2.15 bits per heavy atom. The maximum absolute atomic E-state index is 13.0. The Labute approximate surface area is 154 Å². The number of carbonyl (C=O) groups is 1. The van der Waals surface area contributed by atoms with Crippen LogP contribution in [-0.2, 0) is 16.0 Å². The highest BCUT2D eigenvalue weighted by atomic mass is 16.5. The molecule has 1 unspecified atom stereocenters. The van der Waals surface area contributed by atoms with Gasteiger partial charge < -0.3 is 14.6 Å². The molecule has 1 aromatic carbocycles. The largest absolute Gasteiger partial charge is 0.379 e. The molecule has 1 aliphatic carbocycles. The third-order valence-corrected chi connectivity index (χ3v) is 6.66. The minimum absolute atomic E-state index is 0.139. The van der Waals surface area contributed by atoms with Crippen molar-refractivity contribution < 1.29 is 9.53 Å². The van der Waals surface area contributed by atoms with Crippen LogP contribution in [0, 0.1) is 5.92 Å². The van der Waals surface area contributed by atoms with Crippen molar-refractivity contribution >= 4 is 16.7 Å². The van der Waals surface area contributed by atoms with Gasteiger partial charge in [-0.2, -0.15) is 0 Å². The van der Waals surface area contributed by atoms with Gasteiger partial charge in [-0.05, 0) is 37.1 Å². The summed E-state index contributed by atoms with van der Waals surface area (Å²) in [7, 11) is 2.20. The van der Waals surface area contributed by atoms with Crippen LogP contribution >= 0.6 is 0 Å². The van der Waals surface area contributed by atoms with Crippen LogP contribution in [0.1, 0.15) is 23.5 Å². The highest BCUT2D eigenvalue weighted by Gasteiger charge is 2.41. The SMILES string of the molecule is CN1CC(C(=O)CN2CCOCC2)C[C@@H]2c3cccc4[nH]cc(c34)C[C@H]21. The quantitative estimate of drug-likeness (QED) is 0.917. The number of aromatic nitrogens is 1. The molecule has 3 aliphatic rings.